The van der Waals surface area contributed by atoms with E-state index < -0.39 is 0 Å². The molecule has 0 bridgehead atoms. The van der Waals surface area contributed by atoms with Crippen molar-refractivity contribution in [3.8, 4) is 0 Å². The minimum Gasteiger partial charge on any atom is -0.311 e. The molecule has 0 unspecified atom stereocenters. The molecule has 4 rings (SSSR count). The minimum absolute atomic E-state index is 0.0593. The Morgan fingerprint density at radius 1 is 1.03 bits per heavy atom. The quantitative estimate of drug-likeness (QED) is 0.527. The molecule has 5 heteroatoms. The largest absolute Gasteiger partial charge is 0.311 e. The van der Waals surface area contributed by atoms with Gasteiger partial charge in [0.2, 0.25) is 0 Å². The van der Waals surface area contributed by atoms with Crippen LogP contribution in [0.2, 0.25) is 5.02 Å². The van der Waals surface area contributed by atoms with Gasteiger partial charge < -0.3 is 9.80 Å². The van der Waals surface area contributed by atoms with Crippen molar-refractivity contribution in [1.82, 2.24) is 4.90 Å². The minimum atomic E-state index is -0.0593. The first kappa shape index (κ1) is 23.0. The van der Waals surface area contributed by atoms with Crippen LogP contribution in [0.3, 0.4) is 0 Å². The number of carbonyl (C=O) groups is 2. The standard InChI is InChI=1S/C27H33ClN2O2/c1-19-17-23(27(32)29(2)25-10-8-24(28)9-11-25)6-5-21(19)7-12-26(31)22-13-15-30(16-14-22)18-20-3-4-20/h5-6,8-11,17,20,22H,3-4,7,12-16,18H2,1-2H3. The van der Waals surface area contributed by atoms with Gasteiger partial charge in [-0.3, -0.25) is 9.59 Å². The highest BCUT2D eigenvalue weighted by Gasteiger charge is 2.29. The molecule has 0 aromatic heterocycles. The first-order valence-electron chi connectivity index (χ1n) is 11.8. The monoisotopic (exact) mass is 452 g/mol. The van der Waals surface area contributed by atoms with Crippen molar-refractivity contribution in [3.05, 3.63) is 64.2 Å². The summed E-state index contributed by atoms with van der Waals surface area (Å²) < 4.78 is 0. The van der Waals surface area contributed by atoms with Crippen molar-refractivity contribution in [2.24, 2.45) is 11.8 Å². The fourth-order valence-electron chi connectivity index (χ4n) is 4.65. The van der Waals surface area contributed by atoms with E-state index in [9.17, 15) is 9.59 Å². The number of carbonyl (C=O) groups excluding carboxylic acids is 2. The van der Waals surface area contributed by atoms with Gasteiger partial charge in [-0.15, -0.1) is 0 Å². The molecule has 1 amide bonds. The van der Waals surface area contributed by atoms with Crippen LogP contribution in [0.5, 0.6) is 0 Å². The van der Waals surface area contributed by atoms with Crippen LogP contribution in [0.4, 0.5) is 5.69 Å². The van der Waals surface area contributed by atoms with Gasteiger partial charge in [-0.2, -0.15) is 0 Å². The Hall–Kier alpha value is -2.17. The van der Waals surface area contributed by atoms with E-state index in [0.717, 1.165) is 55.1 Å². The maximum atomic E-state index is 12.9. The van der Waals surface area contributed by atoms with E-state index >= 15 is 0 Å². The van der Waals surface area contributed by atoms with Crippen LogP contribution in [0.15, 0.2) is 42.5 Å². The molecule has 0 spiro atoms. The average Bonchev–Trinajstić information content (AvgIpc) is 3.62. The lowest BCUT2D eigenvalue weighted by Crippen LogP contribution is -2.37. The van der Waals surface area contributed by atoms with E-state index in [4.69, 9.17) is 11.6 Å². The van der Waals surface area contributed by atoms with Crippen LogP contribution in [0.1, 0.15) is 53.6 Å². The fraction of sp³-hybridized carbons (Fsp3) is 0.481. The molecule has 1 saturated carbocycles. The highest BCUT2D eigenvalue weighted by atomic mass is 35.5. The highest BCUT2D eigenvalue weighted by molar-refractivity contribution is 6.30. The van der Waals surface area contributed by atoms with Gasteiger partial charge >= 0.3 is 0 Å². The van der Waals surface area contributed by atoms with E-state index in [-0.39, 0.29) is 11.8 Å². The van der Waals surface area contributed by atoms with Gasteiger partial charge in [0.05, 0.1) is 0 Å². The topological polar surface area (TPSA) is 40.6 Å². The Kier molecular flexibility index (Phi) is 7.32. The normalized spacial score (nSPS) is 17.3. The second kappa shape index (κ2) is 10.2. The number of rotatable bonds is 8. The number of hydrogen-bond acceptors (Lipinski definition) is 3. The van der Waals surface area contributed by atoms with Crippen molar-refractivity contribution in [3.63, 3.8) is 0 Å². The van der Waals surface area contributed by atoms with Gasteiger partial charge in [0.15, 0.2) is 0 Å². The Bertz CT molecular complexity index is 960. The Balaban J connectivity index is 1.29. The van der Waals surface area contributed by atoms with Crippen LogP contribution < -0.4 is 4.90 Å². The first-order valence-corrected chi connectivity index (χ1v) is 12.2. The van der Waals surface area contributed by atoms with Gasteiger partial charge in [-0.25, -0.2) is 0 Å². The summed E-state index contributed by atoms with van der Waals surface area (Å²) in [5.74, 6) is 1.49. The molecule has 1 aliphatic carbocycles. The number of halogens is 1. The number of aryl methyl sites for hydroxylation is 2. The van der Waals surface area contributed by atoms with Crippen LogP contribution >= 0.6 is 11.6 Å². The highest BCUT2D eigenvalue weighted by Crippen LogP contribution is 2.31. The van der Waals surface area contributed by atoms with Crippen LogP contribution in [0.25, 0.3) is 0 Å². The zero-order valence-electron chi connectivity index (χ0n) is 19.1. The molecular weight excluding hydrogens is 420 g/mol. The summed E-state index contributed by atoms with van der Waals surface area (Å²) in [6, 6.07) is 13.0. The van der Waals surface area contributed by atoms with E-state index in [1.165, 1.54) is 19.4 Å². The molecule has 1 heterocycles. The predicted molar refractivity (Wildman–Crippen MR) is 131 cm³/mol. The van der Waals surface area contributed by atoms with Crippen LogP contribution in [0, 0.1) is 18.8 Å². The predicted octanol–water partition coefficient (Wildman–Crippen LogP) is 5.55. The summed E-state index contributed by atoms with van der Waals surface area (Å²) in [5.41, 5.74) is 3.66. The molecule has 32 heavy (non-hydrogen) atoms. The fourth-order valence-corrected chi connectivity index (χ4v) is 4.78. The van der Waals surface area contributed by atoms with Gasteiger partial charge in [-0.1, -0.05) is 17.7 Å². The molecule has 0 atom stereocenters. The maximum absolute atomic E-state index is 12.9. The summed E-state index contributed by atoms with van der Waals surface area (Å²) in [6.07, 6.45) is 6.13. The van der Waals surface area contributed by atoms with Crippen molar-refractivity contribution < 1.29 is 9.59 Å². The third-order valence-electron chi connectivity index (χ3n) is 7.01. The zero-order valence-corrected chi connectivity index (χ0v) is 19.9. The van der Waals surface area contributed by atoms with Gasteiger partial charge in [0, 0.05) is 42.2 Å². The van der Waals surface area contributed by atoms with Crippen molar-refractivity contribution in [1.29, 1.82) is 0 Å². The van der Waals surface area contributed by atoms with Crippen LogP contribution in [-0.2, 0) is 11.2 Å². The molecule has 2 fully saturated rings. The van der Waals surface area contributed by atoms with Crippen molar-refractivity contribution >= 4 is 29.0 Å². The summed E-state index contributed by atoms with van der Waals surface area (Å²) in [4.78, 5) is 29.9. The Morgan fingerprint density at radius 3 is 2.34 bits per heavy atom. The number of benzene rings is 2. The number of Topliss-reactive ketones (excluding diaryl/α,β-unsaturated/α-hetero) is 1. The number of amides is 1. The summed E-state index contributed by atoms with van der Waals surface area (Å²) >= 11 is 5.95. The Morgan fingerprint density at radius 2 is 1.72 bits per heavy atom. The zero-order chi connectivity index (χ0) is 22.7. The van der Waals surface area contributed by atoms with Crippen LogP contribution in [-0.4, -0.2) is 43.3 Å². The third kappa shape index (κ3) is 5.79. The van der Waals surface area contributed by atoms with Gasteiger partial charge in [-0.05, 0) is 106 Å². The molecule has 2 aromatic rings. The third-order valence-corrected chi connectivity index (χ3v) is 7.26. The number of anilines is 1. The molecule has 0 N–H and O–H groups in total. The lowest BCUT2D eigenvalue weighted by atomic mass is 9.88. The molecule has 170 valence electrons. The van der Waals surface area contributed by atoms with E-state index in [1.807, 2.05) is 37.3 Å². The van der Waals surface area contributed by atoms with Gasteiger partial charge in [0.1, 0.15) is 5.78 Å². The summed E-state index contributed by atoms with van der Waals surface area (Å²) in [7, 11) is 1.77. The SMILES string of the molecule is Cc1cc(C(=O)N(C)c2ccc(Cl)cc2)ccc1CCC(=O)C1CCN(CC2CC2)CC1. The molecule has 1 aliphatic heterocycles. The van der Waals surface area contributed by atoms with E-state index in [1.54, 1.807) is 24.1 Å². The second-order valence-corrected chi connectivity index (χ2v) is 9.90. The molecule has 4 nitrogen and oxygen atoms in total. The number of piperidine rings is 1. The lowest BCUT2D eigenvalue weighted by Gasteiger charge is -2.31. The maximum Gasteiger partial charge on any atom is 0.258 e. The molecule has 1 saturated heterocycles. The molecule has 0 radical (unpaired) electrons. The summed E-state index contributed by atoms with van der Waals surface area (Å²) in [6.45, 7) is 5.40. The summed E-state index contributed by atoms with van der Waals surface area (Å²) in [5, 5.41) is 0.646. The molecular formula is C27H33ClN2O2. The number of ketones is 1. The van der Waals surface area contributed by atoms with Crippen molar-refractivity contribution in [2.75, 3.05) is 31.6 Å². The average molecular weight is 453 g/mol. The second-order valence-electron chi connectivity index (χ2n) is 9.47. The first-order chi connectivity index (χ1) is 15.4. The number of hydrogen-bond donors (Lipinski definition) is 0. The van der Waals surface area contributed by atoms with Crippen molar-refractivity contribution in [2.45, 2.75) is 45.4 Å². The smallest absolute Gasteiger partial charge is 0.258 e. The lowest BCUT2D eigenvalue weighted by molar-refractivity contribution is -0.124. The molecule has 2 aliphatic rings. The number of nitrogens with zero attached hydrogens (tertiary/aromatic N) is 2. The van der Waals surface area contributed by atoms with E-state index in [2.05, 4.69) is 4.90 Å². The van der Waals surface area contributed by atoms with E-state index in [0.29, 0.717) is 22.8 Å². The molecule has 2 aromatic carbocycles. The Labute approximate surface area is 196 Å². The number of likely N-dealkylation sites (tertiary alicyclic amines) is 1. The van der Waals surface area contributed by atoms with Gasteiger partial charge in [0.25, 0.3) is 5.91 Å².